The van der Waals surface area contributed by atoms with Gasteiger partial charge in [-0.3, -0.25) is 14.9 Å². The Labute approximate surface area is 216 Å². The summed E-state index contributed by atoms with van der Waals surface area (Å²) >= 11 is 7.11. The molecule has 0 aliphatic rings. The van der Waals surface area contributed by atoms with E-state index in [0.29, 0.717) is 17.1 Å². The van der Waals surface area contributed by atoms with Crippen molar-refractivity contribution in [3.05, 3.63) is 60.5 Å². The second-order valence-corrected chi connectivity index (χ2v) is 11.4. The van der Waals surface area contributed by atoms with Gasteiger partial charge in [0.05, 0.1) is 27.2 Å². The van der Waals surface area contributed by atoms with Crippen LogP contribution in [0.1, 0.15) is 52.2 Å². The number of carbonyl (C=O) groups is 1. The van der Waals surface area contributed by atoms with E-state index in [9.17, 15) is 14.9 Å². The Balaban J connectivity index is 2.05. The molecule has 0 radical (unpaired) electrons. The van der Waals surface area contributed by atoms with Crippen LogP contribution in [0.4, 0.5) is 5.69 Å². The minimum Gasteiger partial charge on any atom is -0.496 e. The lowest BCUT2D eigenvalue weighted by Gasteiger charge is -2.33. The first-order valence-corrected chi connectivity index (χ1v) is 12.1. The summed E-state index contributed by atoms with van der Waals surface area (Å²) in [6, 6.07) is 8.12. The molecular formula is C24H29Br2N3O5. The largest absolute Gasteiger partial charge is 0.496 e. The zero-order valence-electron chi connectivity index (χ0n) is 20.1. The van der Waals surface area contributed by atoms with E-state index < -0.39 is 10.8 Å². The smallest absolute Gasteiger partial charge is 0.277 e. The Morgan fingerprint density at radius 2 is 1.76 bits per heavy atom. The molecule has 0 spiro atoms. The Kier molecular flexibility index (Phi) is 9.24. The molecule has 0 fully saturated rings. The normalized spacial score (nSPS) is 12.0. The molecule has 0 heterocycles. The fourth-order valence-corrected chi connectivity index (χ4v) is 5.21. The van der Waals surface area contributed by atoms with Crippen molar-refractivity contribution < 1.29 is 19.2 Å². The molecule has 2 rings (SSSR count). The lowest BCUT2D eigenvalue weighted by molar-refractivity contribution is -0.384. The van der Waals surface area contributed by atoms with Gasteiger partial charge in [0.2, 0.25) is 0 Å². The van der Waals surface area contributed by atoms with Crippen molar-refractivity contribution in [2.24, 2.45) is 10.5 Å². The third-order valence-corrected chi connectivity index (χ3v) is 6.09. The Morgan fingerprint density at radius 1 is 1.15 bits per heavy atom. The number of nitrogens with one attached hydrogen (secondary N) is 1. The number of amides is 1. The predicted molar refractivity (Wildman–Crippen MR) is 140 cm³/mol. The van der Waals surface area contributed by atoms with Gasteiger partial charge in [0.15, 0.2) is 6.61 Å². The van der Waals surface area contributed by atoms with Crippen LogP contribution in [0.5, 0.6) is 11.5 Å². The van der Waals surface area contributed by atoms with Crippen molar-refractivity contribution in [3.63, 3.8) is 0 Å². The highest BCUT2D eigenvalue weighted by molar-refractivity contribution is 9.11. The summed E-state index contributed by atoms with van der Waals surface area (Å²) in [5, 5.41) is 14.8. The van der Waals surface area contributed by atoms with Crippen molar-refractivity contribution in [1.82, 2.24) is 5.43 Å². The summed E-state index contributed by atoms with van der Waals surface area (Å²) in [6.07, 6.45) is 2.27. The quantitative estimate of drug-likeness (QED) is 0.205. The second kappa shape index (κ2) is 11.3. The SMILES string of the molecule is COc1ccc([N+](=O)[O-])cc1/C=N/NC(=O)COc1c(Br)cc(C(C)(C)CC(C)(C)C)cc1Br. The van der Waals surface area contributed by atoms with E-state index in [4.69, 9.17) is 9.47 Å². The van der Waals surface area contributed by atoms with Crippen molar-refractivity contribution in [2.45, 2.75) is 46.5 Å². The summed E-state index contributed by atoms with van der Waals surface area (Å²) < 4.78 is 12.3. The molecule has 0 aromatic heterocycles. The van der Waals surface area contributed by atoms with E-state index in [1.54, 1.807) is 0 Å². The number of nitro benzene ring substituents is 1. The molecule has 0 unspecified atom stereocenters. The Bertz CT molecular complexity index is 1070. The molecule has 2 aromatic carbocycles. The van der Waals surface area contributed by atoms with Gasteiger partial charge in [-0.1, -0.05) is 34.6 Å². The summed E-state index contributed by atoms with van der Waals surface area (Å²) in [4.78, 5) is 22.7. The molecule has 0 bridgehead atoms. The van der Waals surface area contributed by atoms with Gasteiger partial charge < -0.3 is 9.47 Å². The number of ether oxygens (including phenoxy) is 2. The van der Waals surface area contributed by atoms with Crippen LogP contribution in [0.2, 0.25) is 0 Å². The third kappa shape index (κ3) is 7.80. The lowest BCUT2D eigenvalue weighted by Crippen LogP contribution is -2.26. The summed E-state index contributed by atoms with van der Waals surface area (Å²) in [5.41, 5.74) is 3.86. The van der Waals surface area contributed by atoms with Crippen LogP contribution in [0.3, 0.4) is 0 Å². The van der Waals surface area contributed by atoms with Gasteiger partial charge >= 0.3 is 0 Å². The molecule has 10 heteroatoms. The van der Waals surface area contributed by atoms with Crippen LogP contribution in [-0.2, 0) is 10.2 Å². The molecule has 0 atom stereocenters. The lowest BCUT2D eigenvalue weighted by atomic mass is 9.72. The van der Waals surface area contributed by atoms with Gasteiger partial charge in [-0.25, -0.2) is 5.43 Å². The maximum absolute atomic E-state index is 12.2. The molecule has 8 nitrogen and oxygen atoms in total. The molecular weight excluding hydrogens is 570 g/mol. The molecule has 184 valence electrons. The molecule has 34 heavy (non-hydrogen) atoms. The van der Waals surface area contributed by atoms with Gasteiger partial charge in [-0.15, -0.1) is 0 Å². The number of carbonyl (C=O) groups excluding carboxylic acids is 1. The maximum Gasteiger partial charge on any atom is 0.277 e. The van der Waals surface area contributed by atoms with Crippen LogP contribution in [0, 0.1) is 15.5 Å². The number of benzene rings is 2. The number of nitro groups is 1. The van der Waals surface area contributed by atoms with Crippen molar-refractivity contribution >= 4 is 49.7 Å². The standard InChI is InChI=1S/C24H29Br2N3O5/c1-23(2,3)14-24(4,5)16-10-18(25)22(19(26)11-16)34-13-21(30)28-27-12-15-9-17(29(31)32)7-8-20(15)33-6/h7-12H,13-14H2,1-6H3,(H,28,30)/b27-12+. The van der Waals surface area contributed by atoms with Gasteiger partial charge in [0.1, 0.15) is 11.5 Å². The molecule has 0 aliphatic carbocycles. The monoisotopic (exact) mass is 597 g/mol. The van der Waals surface area contributed by atoms with Crippen molar-refractivity contribution in [1.29, 1.82) is 0 Å². The van der Waals surface area contributed by atoms with Crippen LogP contribution >= 0.6 is 31.9 Å². The van der Waals surface area contributed by atoms with Crippen LogP contribution in [0.15, 0.2) is 44.4 Å². The van der Waals surface area contributed by atoms with Gasteiger partial charge in [0, 0.05) is 17.7 Å². The number of rotatable bonds is 9. The minimum atomic E-state index is -0.519. The van der Waals surface area contributed by atoms with Crippen LogP contribution in [-0.4, -0.2) is 30.8 Å². The van der Waals surface area contributed by atoms with Gasteiger partial charge in [-0.05, 0) is 72.9 Å². The first-order chi connectivity index (χ1) is 15.7. The average Bonchev–Trinajstić information content (AvgIpc) is 2.71. The highest BCUT2D eigenvalue weighted by Gasteiger charge is 2.28. The summed E-state index contributed by atoms with van der Waals surface area (Å²) in [5.74, 6) is 0.411. The highest BCUT2D eigenvalue weighted by Crippen LogP contribution is 2.42. The number of non-ortho nitro benzene ring substituents is 1. The van der Waals surface area contributed by atoms with E-state index in [0.717, 1.165) is 20.9 Å². The first kappa shape index (κ1) is 27.8. The topological polar surface area (TPSA) is 103 Å². The van der Waals surface area contributed by atoms with E-state index in [-0.39, 0.29) is 23.1 Å². The average molecular weight is 599 g/mol. The second-order valence-electron chi connectivity index (χ2n) is 9.66. The van der Waals surface area contributed by atoms with Gasteiger partial charge in [-0.2, -0.15) is 5.10 Å². The molecule has 1 N–H and O–H groups in total. The third-order valence-electron chi connectivity index (χ3n) is 4.92. The van der Waals surface area contributed by atoms with E-state index >= 15 is 0 Å². The van der Waals surface area contributed by atoms with E-state index in [2.05, 4.69) is 77.0 Å². The molecule has 2 aromatic rings. The maximum atomic E-state index is 12.2. The number of nitrogens with zero attached hydrogens (tertiary/aromatic N) is 2. The molecule has 0 saturated heterocycles. The zero-order valence-corrected chi connectivity index (χ0v) is 23.2. The molecule has 0 saturated carbocycles. The van der Waals surface area contributed by atoms with E-state index in [1.165, 1.54) is 31.5 Å². The highest BCUT2D eigenvalue weighted by atomic mass is 79.9. The summed E-state index contributed by atoms with van der Waals surface area (Å²) in [6.45, 7) is 10.8. The Hall–Kier alpha value is -2.46. The summed E-state index contributed by atoms with van der Waals surface area (Å²) in [7, 11) is 1.44. The van der Waals surface area contributed by atoms with Gasteiger partial charge in [0.25, 0.3) is 11.6 Å². The van der Waals surface area contributed by atoms with Crippen LogP contribution < -0.4 is 14.9 Å². The zero-order chi connectivity index (χ0) is 25.7. The number of hydrogen-bond donors (Lipinski definition) is 1. The van der Waals surface area contributed by atoms with Crippen molar-refractivity contribution in [2.75, 3.05) is 13.7 Å². The molecule has 1 amide bonds. The Morgan fingerprint density at radius 3 is 2.29 bits per heavy atom. The minimum absolute atomic E-state index is 0.0541. The number of hydrogen-bond acceptors (Lipinski definition) is 6. The number of hydrazone groups is 1. The van der Waals surface area contributed by atoms with Crippen molar-refractivity contribution in [3.8, 4) is 11.5 Å². The van der Waals surface area contributed by atoms with Crippen LogP contribution in [0.25, 0.3) is 0 Å². The number of halogens is 2. The van der Waals surface area contributed by atoms with E-state index in [1.807, 2.05) is 12.1 Å². The fraction of sp³-hybridized carbons (Fsp3) is 0.417. The number of methoxy groups -OCH3 is 1. The fourth-order valence-electron chi connectivity index (χ4n) is 3.80. The molecule has 0 aliphatic heterocycles. The first-order valence-electron chi connectivity index (χ1n) is 10.5. The predicted octanol–water partition coefficient (Wildman–Crippen LogP) is 6.37.